The molecule has 0 saturated carbocycles. The smallest absolute Gasteiger partial charge is 0.357 e. The molecule has 2 aromatic rings. The van der Waals surface area contributed by atoms with Crippen molar-refractivity contribution in [1.82, 2.24) is 4.98 Å². The lowest BCUT2D eigenvalue weighted by molar-refractivity contribution is 0.0594. The van der Waals surface area contributed by atoms with Crippen molar-refractivity contribution in [1.29, 1.82) is 0 Å². The Labute approximate surface area is 108 Å². The fourth-order valence-corrected chi connectivity index (χ4v) is 2.65. The van der Waals surface area contributed by atoms with Gasteiger partial charge < -0.3 is 4.74 Å². The van der Waals surface area contributed by atoms with E-state index in [4.69, 9.17) is 11.6 Å². The molecule has 17 heavy (non-hydrogen) atoms. The third kappa shape index (κ3) is 2.33. The Kier molecular flexibility index (Phi) is 3.45. The molecule has 0 atom stereocenters. The van der Waals surface area contributed by atoms with E-state index in [-0.39, 0.29) is 0 Å². The van der Waals surface area contributed by atoms with Crippen LogP contribution in [-0.2, 0) is 4.74 Å². The number of hydrogen-bond acceptors (Lipinski definition) is 4. The van der Waals surface area contributed by atoms with Crippen LogP contribution < -0.4 is 0 Å². The maximum Gasteiger partial charge on any atom is 0.357 e. The first-order chi connectivity index (χ1) is 8.13. The van der Waals surface area contributed by atoms with Crippen LogP contribution in [0.1, 0.15) is 15.4 Å². The molecule has 0 aliphatic carbocycles. The van der Waals surface area contributed by atoms with Crippen molar-refractivity contribution in [3.05, 3.63) is 39.9 Å². The standard InChI is InChI=1S/C12H10ClNO2S/c1-7-10(12(15)16-2)14-11(17-7)8-5-3-4-6-9(8)13/h3-6H,1-2H3. The lowest BCUT2D eigenvalue weighted by Gasteiger charge is -1.98. The van der Waals surface area contributed by atoms with Gasteiger partial charge in [0.15, 0.2) is 5.69 Å². The number of esters is 1. The highest BCUT2D eigenvalue weighted by Gasteiger charge is 2.17. The molecule has 0 aliphatic rings. The molecule has 0 bridgehead atoms. The first kappa shape index (κ1) is 12.1. The van der Waals surface area contributed by atoms with Crippen LogP contribution in [0.3, 0.4) is 0 Å². The Morgan fingerprint density at radius 1 is 1.41 bits per heavy atom. The van der Waals surface area contributed by atoms with Gasteiger partial charge >= 0.3 is 5.97 Å². The second kappa shape index (κ2) is 4.85. The van der Waals surface area contributed by atoms with Crippen molar-refractivity contribution >= 4 is 28.9 Å². The molecule has 1 aromatic heterocycles. The van der Waals surface area contributed by atoms with Crippen LogP contribution in [0, 0.1) is 6.92 Å². The van der Waals surface area contributed by atoms with Crippen LogP contribution in [-0.4, -0.2) is 18.1 Å². The van der Waals surface area contributed by atoms with Crippen LogP contribution in [0.4, 0.5) is 0 Å². The van der Waals surface area contributed by atoms with E-state index in [0.717, 1.165) is 15.4 Å². The maximum atomic E-state index is 11.5. The van der Waals surface area contributed by atoms with Crippen LogP contribution in [0.25, 0.3) is 10.6 Å². The summed E-state index contributed by atoms with van der Waals surface area (Å²) >= 11 is 7.51. The van der Waals surface area contributed by atoms with Crippen molar-refractivity contribution in [3.8, 4) is 10.6 Å². The maximum absolute atomic E-state index is 11.5. The topological polar surface area (TPSA) is 39.2 Å². The SMILES string of the molecule is COC(=O)c1nc(-c2ccccc2Cl)sc1C. The molecular weight excluding hydrogens is 258 g/mol. The quantitative estimate of drug-likeness (QED) is 0.781. The molecule has 1 aromatic carbocycles. The number of thiazole rings is 1. The van der Waals surface area contributed by atoms with Gasteiger partial charge in [0.25, 0.3) is 0 Å². The molecule has 3 nitrogen and oxygen atoms in total. The number of nitrogens with zero attached hydrogens (tertiary/aromatic N) is 1. The zero-order valence-electron chi connectivity index (χ0n) is 9.36. The molecule has 0 N–H and O–H groups in total. The molecule has 1 heterocycles. The van der Waals surface area contributed by atoms with Gasteiger partial charge in [0.1, 0.15) is 5.01 Å². The van der Waals surface area contributed by atoms with Crippen LogP contribution >= 0.6 is 22.9 Å². The first-order valence-electron chi connectivity index (χ1n) is 4.94. The fraction of sp³-hybridized carbons (Fsp3) is 0.167. The summed E-state index contributed by atoms with van der Waals surface area (Å²) in [5, 5.41) is 1.35. The van der Waals surface area contributed by atoms with Gasteiger partial charge in [-0.2, -0.15) is 0 Å². The molecule has 0 radical (unpaired) electrons. The van der Waals surface area contributed by atoms with E-state index in [1.807, 2.05) is 25.1 Å². The molecule has 0 aliphatic heterocycles. The van der Waals surface area contributed by atoms with E-state index in [9.17, 15) is 4.79 Å². The van der Waals surface area contributed by atoms with E-state index in [0.29, 0.717) is 10.7 Å². The summed E-state index contributed by atoms with van der Waals surface area (Å²) in [6, 6.07) is 7.41. The number of carbonyl (C=O) groups excluding carboxylic acids is 1. The molecule has 5 heteroatoms. The molecular formula is C12H10ClNO2S. The Balaban J connectivity index is 2.49. The van der Waals surface area contributed by atoms with Crippen molar-refractivity contribution in [3.63, 3.8) is 0 Å². The van der Waals surface area contributed by atoms with Crippen molar-refractivity contribution in [2.45, 2.75) is 6.92 Å². The van der Waals surface area contributed by atoms with Crippen LogP contribution in [0.15, 0.2) is 24.3 Å². The number of rotatable bonds is 2. The number of aryl methyl sites for hydroxylation is 1. The monoisotopic (exact) mass is 267 g/mol. The van der Waals surface area contributed by atoms with Gasteiger partial charge in [-0.05, 0) is 13.0 Å². The van der Waals surface area contributed by atoms with Gasteiger partial charge in [0.05, 0.1) is 12.1 Å². The van der Waals surface area contributed by atoms with Crippen molar-refractivity contribution < 1.29 is 9.53 Å². The van der Waals surface area contributed by atoms with E-state index in [1.165, 1.54) is 18.4 Å². The number of halogens is 1. The predicted molar refractivity (Wildman–Crippen MR) is 68.6 cm³/mol. The van der Waals surface area contributed by atoms with Crippen LogP contribution in [0.2, 0.25) is 5.02 Å². The minimum absolute atomic E-state index is 0.354. The lowest BCUT2D eigenvalue weighted by atomic mass is 10.2. The summed E-state index contributed by atoms with van der Waals surface area (Å²) in [5.74, 6) is -0.419. The minimum Gasteiger partial charge on any atom is -0.464 e. The largest absolute Gasteiger partial charge is 0.464 e. The Hall–Kier alpha value is -1.39. The van der Waals surface area contributed by atoms with E-state index in [1.54, 1.807) is 6.07 Å². The number of benzene rings is 1. The van der Waals surface area contributed by atoms with E-state index in [2.05, 4.69) is 9.72 Å². The number of ether oxygens (including phenoxy) is 1. The summed E-state index contributed by atoms with van der Waals surface area (Å²) in [6.45, 7) is 1.84. The summed E-state index contributed by atoms with van der Waals surface area (Å²) in [6.07, 6.45) is 0. The number of carbonyl (C=O) groups is 1. The second-order valence-corrected chi connectivity index (χ2v) is 5.01. The molecule has 88 valence electrons. The fourth-order valence-electron chi connectivity index (χ4n) is 1.43. The van der Waals surface area contributed by atoms with Gasteiger partial charge in [-0.1, -0.05) is 29.8 Å². The van der Waals surface area contributed by atoms with Gasteiger partial charge in [-0.15, -0.1) is 11.3 Å². The van der Waals surface area contributed by atoms with Crippen molar-refractivity contribution in [2.75, 3.05) is 7.11 Å². The Bertz CT molecular complexity index is 565. The molecule has 2 rings (SSSR count). The predicted octanol–water partition coefficient (Wildman–Crippen LogP) is 3.56. The second-order valence-electron chi connectivity index (χ2n) is 3.40. The Morgan fingerprint density at radius 2 is 2.12 bits per heavy atom. The molecule has 0 spiro atoms. The first-order valence-corrected chi connectivity index (χ1v) is 6.13. The molecule has 0 amide bonds. The zero-order valence-corrected chi connectivity index (χ0v) is 10.9. The molecule has 0 saturated heterocycles. The van der Waals surface area contributed by atoms with Crippen LogP contribution in [0.5, 0.6) is 0 Å². The zero-order chi connectivity index (χ0) is 12.4. The molecule has 0 unspecified atom stereocenters. The summed E-state index contributed by atoms with van der Waals surface area (Å²) in [4.78, 5) is 16.5. The van der Waals surface area contributed by atoms with Gasteiger partial charge in [-0.25, -0.2) is 9.78 Å². The van der Waals surface area contributed by atoms with Crippen molar-refractivity contribution in [2.24, 2.45) is 0 Å². The minimum atomic E-state index is -0.419. The summed E-state index contributed by atoms with van der Waals surface area (Å²) < 4.78 is 4.67. The number of hydrogen-bond donors (Lipinski definition) is 0. The van der Waals surface area contributed by atoms with Gasteiger partial charge in [-0.3, -0.25) is 0 Å². The lowest BCUT2D eigenvalue weighted by Crippen LogP contribution is -2.03. The highest BCUT2D eigenvalue weighted by Crippen LogP contribution is 2.32. The number of methoxy groups -OCH3 is 1. The molecule has 0 fully saturated rings. The summed E-state index contributed by atoms with van der Waals surface area (Å²) in [5.41, 5.74) is 1.19. The third-order valence-corrected chi connectivity index (χ3v) is 3.61. The highest BCUT2D eigenvalue weighted by atomic mass is 35.5. The normalized spacial score (nSPS) is 10.3. The van der Waals surface area contributed by atoms with E-state index < -0.39 is 5.97 Å². The van der Waals surface area contributed by atoms with E-state index >= 15 is 0 Å². The summed E-state index contributed by atoms with van der Waals surface area (Å²) in [7, 11) is 1.34. The number of aromatic nitrogens is 1. The third-order valence-electron chi connectivity index (χ3n) is 2.28. The van der Waals surface area contributed by atoms with Gasteiger partial charge in [0, 0.05) is 10.4 Å². The average Bonchev–Trinajstić information content (AvgIpc) is 2.71. The van der Waals surface area contributed by atoms with Gasteiger partial charge in [0.2, 0.25) is 0 Å². The Morgan fingerprint density at radius 3 is 2.76 bits per heavy atom. The average molecular weight is 268 g/mol. The highest BCUT2D eigenvalue weighted by molar-refractivity contribution is 7.15.